The molecule has 2 rings (SSSR count). The predicted octanol–water partition coefficient (Wildman–Crippen LogP) is 0.726. The van der Waals surface area contributed by atoms with Crippen LogP contribution in [0, 0.1) is 0 Å². The van der Waals surface area contributed by atoms with Gasteiger partial charge in [0.25, 0.3) is 5.56 Å². The van der Waals surface area contributed by atoms with Gasteiger partial charge < -0.3 is 15.2 Å². The standard InChI is InChI=1S/C11H8N2O4/c14-8-4-9(15)13-11-7(8)3-6(5-12-11)1-2-10(16)17/h1-5H,(H,16,17)(H2,12,13,14,15)/b2-1+. The fourth-order valence-electron chi connectivity index (χ4n) is 1.39. The van der Waals surface area contributed by atoms with E-state index < -0.39 is 11.5 Å². The molecule has 6 nitrogen and oxygen atoms in total. The average molecular weight is 232 g/mol. The number of carboxylic acid groups (broad SMARTS) is 1. The van der Waals surface area contributed by atoms with Crippen LogP contribution in [0.3, 0.4) is 0 Å². The van der Waals surface area contributed by atoms with E-state index in [0.717, 1.165) is 12.1 Å². The van der Waals surface area contributed by atoms with Gasteiger partial charge in [-0.05, 0) is 17.7 Å². The van der Waals surface area contributed by atoms with Crippen LogP contribution in [0.15, 0.2) is 29.2 Å². The van der Waals surface area contributed by atoms with Gasteiger partial charge in [0, 0.05) is 18.3 Å². The fourth-order valence-corrected chi connectivity index (χ4v) is 1.39. The summed E-state index contributed by atoms with van der Waals surface area (Å²) in [5, 5.41) is 18.4. The number of fused-ring (bicyclic) bond motifs is 1. The van der Waals surface area contributed by atoms with Crippen molar-refractivity contribution in [2.75, 3.05) is 0 Å². The molecule has 0 bridgehead atoms. The van der Waals surface area contributed by atoms with Gasteiger partial charge >= 0.3 is 5.97 Å². The quantitative estimate of drug-likeness (QED) is 0.662. The molecule has 0 spiro atoms. The molecular formula is C11H8N2O4. The van der Waals surface area contributed by atoms with Gasteiger partial charge in [0.2, 0.25) is 0 Å². The highest BCUT2D eigenvalue weighted by molar-refractivity contribution is 5.87. The molecule has 0 aliphatic carbocycles. The summed E-state index contributed by atoms with van der Waals surface area (Å²) in [4.78, 5) is 27.8. The predicted molar refractivity (Wildman–Crippen MR) is 60.7 cm³/mol. The second kappa shape index (κ2) is 4.09. The number of aromatic nitrogens is 2. The molecule has 0 amide bonds. The van der Waals surface area contributed by atoms with E-state index in [1.807, 2.05) is 0 Å². The number of H-pyrrole nitrogens is 1. The van der Waals surface area contributed by atoms with Crippen molar-refractivity contribution in [1.82, 2.24) is 9.97 Å². The zero-order valence-electron chi connectivity index (χ0n) is 8.54. The Labute approximate surface area is 94.9 Å². The summed E-state index contributed by atoms with van der Waals surface area (Å²) in [6.07, 6.45) is 3.71. The average Bonchev–Trinajstić information content (AvgIpc) is 2.26. The van der Waals surface area contributed by atoms with E-state index >= 15 is 0 Å². The van der Waals surface area contributed by atoms with Gasteiger partial charge in [0.05, 0.1) is 5.39 Å². The van der Waals surface area contributed by atoms with Crippen molar-refractivity contribution in [1.29, 1.82) is 0 Å². The Hall–Kier alpha value is -2.63. The van der Waals surface area contributed by atoms with Crippen LogP contribution < -0.4 is 5.56 Å². The first-order valence-corrected chi connectivity index (χ1v) is 4.69. The number of aliphatic carboxylic acids is 1. The monoisotopic (exact) mass is 232 g/mol. The zero-order chi connectivity index (χ0) is 12.4. The topological polar surface area (TPSA) is 103 Å². The molecule has 2 aromatic heterocycles. The van der Waals surface area contributed by atoms with E-state index in [-0.39, 0.29) is 11.4 Å². The van der Waals surface area contributed by atoms with Crippen LogP contribution in [0.1, 0.15) is 5.56 Å². The second-order valence-electron chi connectivity index (χ2n) is 3.36. The number of pyridine rings is 2. The fraction of sp³-hybridized carbons (Fsp3) is 0. The molecule has 17 heavy (non-hydrogen) atoms. The molecule has 0 radical (unpaired) electrons. The van der Waals surface area contributed by atoms with Gasteiger partial charge in [-0.15, -0.1) is 0 Å². The molecule has 0 atom stereocenters. The molecule has 0 aliphatic heterocycles. The number of carbonyl (C=O) groups is 1. The van der Waals surface area contributed by atoms with Crippen LogP contribution >= 0.6 is 0 Å². The van der Waals surface area contributed by atoms with Crippen molar-refractivity contribution in [3.8, 4) is 5.75 Å². The van der Waals surface area contributed by atoms with Crippen molar-refractivity contribution < 1.29 is 15.0 Å². The maximum atomic E-state index is 11.1. The van der Waals surface area contributed by atoms with Gasteiger partial charge in [-0.2, -0.15) is 0 Å². The maximum absolute atomic E-state index is 11.1. The Kier molecular flexibility index (Phi) is 2.61. The summed E-state index contributed by atoms with van der Waals surface area (Å²) >= 11 is 0. The maximum Gasteiger partial charge on any atom is 0.328 e. The molecule has 2 aromatic rings. The Morgan fingerprint density at radius 2 is 2.18 bits per heavy atom. The van der Waals surface area contributed by atoms with Crippen molar-refractivity contribution in [3.63, 3.8) is 0 Å². The molecule has 0 aromatic carbocycles. The highest BCUT2D eigenvalue weighted by Crippen LogP contribution is 2.20. The number of rotatable bonds is 2. The summed E-state index contributed by atoms with van der Waals surface area (Å²) in [6.45, 7) is 0. The van der Waals surface area contributed by atoms with Crippen LogP contribution in [0.5, 0.6) is 5.75 Å². The minimum atomic E-state index is -1.07. The van der Waals surface area contributed by atoms with E-state index in [4.69, 9.17) is 5.11 Å². The number of hydrogen-bond donors (Lipinski definition) is 3. The number of nitrogens with zero attached hydrogens (tertiary/aromatic N) is 1. The first kappa shape index (κ1) is 10.9. The van der Waals surface area contributed by atoms with E-state index in [1.54, 1.807) is 0 Å². The van der Waals surface area contributed by atoms with Crippen molar-refractivity contribution in [3.05, 3.63) is 40.3 Å². The third-order valence-electron chi connectivity index (χ3n) is 2.11. The van der Waals surface area contributed by atoms with Gasteiger partial charge in [-0.3, -0.25) is 4.79 Å². The van der Waals surface area contributed by atoms with Gasteiger partial charge in [-0.1, -0.05) is 0 Å². The molecule has 0 fully saturated rings. The SMILES string of the molecule is O=C(O)/C=C/c1cnc2[nH]c(=O)cc(O)c2c1. The second-order valence-corrected chi connectivity index (χ2v) is 3.36. The zero-order valence-corrected chi connectivity index (χ0v) is 8.54. The van der Waals surface area contributed by atoms with Crippen LogP contribution in [-0.2, 0) is 4.79 Å². The first-order valence-electron chi connectivity index (χ1n) is 4.69. The molecule has 0 unspecified atom stereocenters. The molecule has 0 saturated heterocycles. The van der Waals surface area contributed by atoms with Crippen molar-refractivity contribution in [2.45, 2.75) is 0 Å². The Balaban J connectivity index is 2.58. The van der Waals surface area contributed by atoms with Crippen LogP contribution in [0.2, 0.25) is 0 Å². The van der Waals surface area contributed by atoms with E-state index in [2.05, 4.69) is 9.97 Å². The number of nitrogens with one attached hydrogen (secondary N) is 1. The molecule has 6 heteroatoms. The lowest BCUT2D eigenvalue weighted by Crippen LogP contribution is -2.04. The smallest absolute Gasteiger partial charge is 0.328 e. The van der Waals surface area contributed by atoms with Gasteiger partial charge in [-0.25, -0.2) is 9.78 Å². The summed E-state index contributed by atoms with van der Waals surface area (Å²) in [5.41, 5.74) is 0.320. The molecule has 86 valence electrons. The minimum Gasteiger partial charge on any atom is -0.507 e. The summed E-state index contributed by atoms with van der Waals surface area (Å²) in [6, 6.07) is 2.57. The molecule has 2 heterocycles. The lowest BCUT2D eigenvalue weighted by atomic mass is 10.2. The number of aromatic hydroxyl groups is 1. The van der Waals surface area contributed by atoms with Crippen molar-refractivity contribution in [2.24, 2.45) is 0 Å². The third-order valence-corrected chi connectivity index (χ3v) is 2.11. The van der Waals surface area contributed by atoms with E-state index in [1.165, 1.54) is 18.3 Å². The Morgan fingerprint density at radius 1 is 1.41 bits per heavy atom. The van der Waals surface area contributed by atoms with Crippen LogP contribution in [0.25, 0.3) is 17.1 Å². The molecular weight excluding hydrogens is 224 g/mol. The first-order chi connectivity index (χ1) is 8.06. The summed E-state index contributed by atoms with van der Waals surface area (Å²) in [7, 11) is 0. The highest BCUT2D eigenvalue weighted by atomic mass is 16.4. The van der Waals surface area contributed by atoms with Crippen molar-refractivity contribution >= 4 is 23.1 Å². The minimum absolute atomic E-state index is 0.193. The largest absolute Gasteiger partial charge is 0.507 e. The molecule has 0 saturated carbocycles. The van der Waals surface area contributed by atoms with Gasteiger partial charge in [0.15, 0.2) is 0 Å². The third kappa shape index (κ3) is 2.31. The lowest BCUT2D eigenvalue weighted by molar-refractivity contribution is -0.131. The normalized spacial score (nSPS) is 11.1. The number of carboxylic acids is 1. The van der Waals surface area contributed by atoms with Crippen LogP contribution in [-0.4, -0.2) is 26.2 Å². The highest BCUT2D eigenvalue weighted by Gasteiger charge is 2.03. The molecule has 0 aliphatic rings. The molecule has 3 N–H and O–H groups in total. The van der Waals surface area contributed by atoms with E-state index in [9.17, 15) is 14.7 Å². The van der Waals surface area contributed by atoms with Crippen LogP contribution in [0.4, 0.5) is 0 Å². The number of aromatic amines is 1. The van der Waals surface area contributed by atoms with E-state index in [0.29, 0.717) is 10.9 Å². The summed E-state index contributed by atoms with van der Waals surface area (Å²) in [5.74, 6) is -1.27. The Morgan fingerprint density at radius 3 is 2.88 bits per heavy atom. The lowest BCUT2D eigenvalue weighted by Gasteiger charge is -2.00. The Bertz CT molecular complexity index is 673. The van der Waals surface area contributed by atoms with Gasteiger partial charge in [0.1, 0.15) is 11.4 Å². The number of hydrogen-bond acceptors (Lipinski definition) is 4. The summed E-state index contributed by atoms with van der Waals surface area (Å²) < 4.78 is 0.